The van der Waals surface area contributed by atoms with Crippen LogP contribution in [0.15, 0.2) is 24.7 Å². The Balaban J connectivity index is 1.93. The van der Waals surface area contributed by atoms with E-state index in [1.807, 2.05) is 22.9 Å². The highest BCUT2D eigenvalue weighted by Gasteiger charge is 2.19. The summed E-state index contributed by atoms with van der Waals surface area (Å²) < 4.78 is 1.87. The molecular weight excluding hydrogens is 240 g/mol. The quantitative estimate of drug-likeness (QED) is 0.902. The number of imidazole rings is 1. The largest absolute Gasteiger partial charge is 0.365 e. The number of likely N-dealkylation sites (tertiary alicyclic amines) is 1. The number of nitrogens with two attached hydrogens (primary N) is 1. The van der Waals surface area contributed by atoms with Gasteiger partial charge in [0.05, 0.1) is 5.56 Å². The molecule has 0 radical (unpaired) electrons. The number of hydrogen-bond donors (Lipinski definition) is 1. The second-order valence-corrected chi connectivity index (χ2v) is 5.41. The maximum Gasteiger partial charge on any atom is 0.252 e. The van der Waals surface area contributed by atoms with Gasteiger partial charge in [-0.2, -0.15) is 0 Å². The molecule has 1 fully saturated rings. The third-order valence-electron chi connectivity index (χ3n) is 3.72. The van der Waals surface area contributed by atoms with Gasteiger partial charge < -0.3 is 10.1 Å². The predicted octanol–water partition coefficient (Wildman–Crippen LogP) is 1.28. The minimum Gasteiger partial charge on any atom is -0.365 e. The number of amides is 1. The first-order chi connectivity index (χ1) is 9.13. The number of pyridine rings is 1. The topological polar surface area (TPSA) is 63.6 Å². The lowest BCUT2D eigenvalue weighted by molar-refractivity contribution is 0.100. The number of hydrogen-bond acceptors (Lipinski definition) is 3. The normalized spacial score (nSPS) is 20.2. The molecule has 2 N–H and O–H groups in total. The van der Waals surface area contributed by atoms with Crippen molar-refractivity contribution in [2.24, 2.45) is 11.7 Å². The minimum atomic E-state index is -0.423. The summed E-state index contributed by atoms with van der Waals surface area (Å²) in [6, 6.07) is 1.87. The fourth-order valence-electron chi connectivity index (χ4n) is 2.79. The third-order valence-corrected chi connectivity index (χ3v) is 3.72. The number of nitrogens with zero attached hydrogens (tertiary/aromatic N) is 3. The van der Waals surface area contributed by atoms with Crippen molar-refractivity contribution >= 4 is 11.6 Å². The first kappa shape index (κ1) is 12.2. The van der Waals surface area contributed by atoms with Crippen molar-refractivity contribution in [3.8, 4) is 0 Å². The van der Waals surface area contributed by atoms with Gasteiger partial charge in [-0.15, -0.1) is 0 Å². The number of fused-ring (bicyclic) bond motifs is 1. The van der Waals surface area contributed by atoms with Crippen LogP contribution in [0.2, 0.25) is 0 Å². The highest BCUT2D eigenvalue weighted by Crippen LogP contribution is 2.19. The first-order valence-corrected chi connectivity index (χ1v) is 6.61. The molecule has 1 saturated heterocycles. The monoisotopic (exact) mass is 258 g/mol. The van der Waals surface area contributed by atoms with Crippen LogP contribution in [0, 0.1) is 5.92 Å². The van der Waals surface area contributed by atoms with E-state index < -0.39 is 5.91 Å². The lowest BCUT2D eigenvalue weighted by Gasteiger charge is -2.16. The van der Waals surface area contributed by atoms with E-state index in [1.54, 1.807) is 6.20 Å². The van der Waals surface area contributed by atoms with Crippen LogP contribution in [0.4, 0.5) is 0 Å². The highest BCUT2D eigenvalue weighted by molar-refractivity contribution is 5.98. The molecule has 100 valence electrons. The van der Waals surface area contributed by atoms with E-state index in [0.717, 1.165) is 31.1 Å². The summed E-state index contributed by atoms with van der Waals surface area (Å²) >= 11 is 0. The van der Waals surface area contributed by atoms with Crippen LogP contribution in [0.3, 0.4) is 0 Å². The lowest BCUT2D eigenvalue weighted by atomic mass is 10.1. The number of aromatic nitrogens is 2. The molecule has 0 saturated carbocycles. The van der Waals surface area contributed by atoms with Crippen LogP contribution in [0.25, 0.3) is 5.65 Å². The summed E-state index contributed by atoms with van der Waals surface area (Å²) in [6.45, 7) is 5.37. The zero-order valence-corrected chi connectivity index (χ0v) is 11.0. The molecule has 0 aromatic carbocycles. The van der Waals surface area contributed by atoms with Gasteiger partial charge in [0.25, 0.3) is 5.91 Å². The van der Waals surface area contributed by atoms with Gasteiger partial charge in [0, 0.05) is 31.7 Å². The smallest absolute Gasteiger partial charge is 0.252 e. The third kappa shape index (κ3) is 2.33. The van der Waals surface area contributed by atoms with Crippen molar-refractivity contribution in [3.63, 3.8) is 0 Å². The molecule has 1 atom stereocenters. The van der Waals surface area contributed by atoms with Crippen molar-refractivity contribution < 1.29 is 4.79 Å². The SMILES string of the molecule is CC1CCN(Cc2cc(C(N)=O)c3nccn3c2)C1. The van der Waals surface area contributed by atoms with E-state index in [9.17, 15) is 4.79 Å². The molecule has 1 amide bonds. The molecule has 3 rings (SSSR count). The summed E-state index contributed by atoms with van der Waals surface area (Å²) in [6.07, 6.45) is 6.80. The fraction of sp³-hybridized carbons (Fsp3) is 0.429. The molecule has 0 bridgehead atoms. The van der Waals surface area contributed by atoms with Crippen molar-refractivity contribution in [2.75, 3.05) is 13.1 Å². The van der Waals surface area contributed by atoms with Crippen molar-refractivity contribution in [1.29, 1.82) is 0 Å². The van der Waals surface area contributed by atoms with Gasteiger partial charge in [-0.3, -0.25) is 9.69 Å². The van der Waals surface area contributed by atoms with Crippen LogP contribution in [-0.4, -0.2) is 33.3 Å². The van der Waals surface area contributed by atoms with Crippen LogP contribution in [0.1, 0.15) is 29.3 Å². The zero-order chi connectivity index (χ0) is 13.4. The minimum absolute atomic E-state index is 0.423. The standard InChI is InChI=1S/C14H18N4O/c1-10-2-4-17(7-10)8-11-6-12(13(15)19)14-16-3-5-18(14)9-11/h3,5-6,9-10H,2,4,7-8H2,1H3,(H2,15,19). The average molecular weight is 258 g/mol. The molecule has 2 aromatic rings. The molecule has 0 spiro atoms. The molecule has 1 aliphatic heterocycles. The van der Waals surface area contributed by atoms with Crippen molar-refractivity contribution in [3.05, 3.63) is 35.8 Å². The van der Waals surface area contributed by atoms with Crippen LogP contribution >= 0.6 is 0 Å². The van der Waals surface area contributed by atoms with Gasteiger partial charge in [0.15, 0.2) is 0 Å². The Labute approximate surface area is 112 Å². The van der Waals surface area contributed by atoms with Gasteiger partial charge in [-0.25, -0.2) is 4.98 Å². The van der Waals surface area contributed by atoms with Gasteiger partial charge in [0.2, 0.25) is 0 Å². The molecule has 0 aliphatic carbocycles. The fourth-order valence-corrected chi connectivity index (χ4v) is 2.79. The molecule has 2 aromatic heterocycles. The van der Waals surface area contributed by atoms with Crippen molar-refractivity contribution in [2.45, 2.75) is 19.9 Å². The second kappa shape index (κ2) is 4.66. The molecular formula is C14H18N4O. The molecule has 1 aliphatic rings. The summed E-state index contributed by atoms with van der Waals surface area (Å²) in [5, 5.41) is 0. The molecule has 3 heterocycles. The second-order valence-electron chi connectivity index (χ2n) is 5.41. The van der Waals surface area contributed by atoms with E-state index in [-0.39, 0.29) is 0 Å². The van der Waals surface area contributed by atoms with Crippen LogP contribution in [0.5, 0.6) is 0 Å². The lowest BCUT2D eigenvalue weighted by Crippen LogP contribution is -2.21. The Morgan fingerprint density at radius 2 is 2.42 bits per heavy atom. The van der Waals surface area contributed by atoms with Gasteiger partial charge in [0.1, 0.15) is 5.65 Å². The first-order valence-electron chi connectivity index (χ1n) is 6.61. The maximum atomic E-state index is 11.5. The van der Waals surface area contributed by atoms with E-state index in [4.69, 9.17) is 5.73 Å². The summed E-state index contributed by atoms with van der Waals surface area (Å²) in [5.41, 5.74) is 7.66. The summed E-state index contributed by atoms with van der Waals surface area (Å²) in [7, 11) is 0. The Kier molecular flexibility index (Phi) is 2.98. The number of primary amides is 1. The Bertz CT molecular complexity index is 619. The molecule has 19 heavy (non-hydrogen) atoms. The maximum absolute atomic E-state index is 11.5. The van der Waals surface area contributed by atoms with Gasteiger partial charge in [-0.1, -0.05) is 6.92 Å². The van der Waals surface area contributed by atoms with Gasteiger partial charge in [-0.05, 0) is 30.5 Å². The Hall–Kier alpha value is -1.88. The van der Waals surface area contributed by atoms with Crippen LogP contribution < -0.4 is 5.73 Å². The molecule has 5 heteroatoms. The average Bonchev–Trinajstić information content (AvgIpc) is 2.97. The zero-order valence-electron chi connectivity index (χ0n) is 11.0. The van der Waals surface area contributed by atoms with E-state index in [1.165, 1.54) is 6.42 Å². The Morgan fingerprint density at radius 1 is 1.58 bits per heavy atom. The summed E-state index contributed by atoms with van der Waals surface area (Å²) in [5.74, 6) is 0.334. The number of carbonyl (C=O) groups excluding carboxylic acids is 1. The van der Waals surface area contributed by atoms with E-state index in [0.29, 0.717) is 11.2 Å². The summed E-state index contributed by atoms with van der Waals surface area (Å²) in [4.78, 5) is 18.1. The highest BCUT2D eigenvalue weighted by atomic mass is 16.1. The number of carbonyl (C=O) groups is 1. The predicted molar refractivity (Wildman–Crippen MR) is 72.8 cm³/mol. The van der Waals surface area contributed by atoms with Crippen LogP contribution in [-0.2, 0) is 6.54 Å². The molecule has 5 nitrogen and oxygen atoms in total. The van der Waals surface area contributed by atoms with E-state index in [2.05, 4.69) is 16.8 Å². The van der Waals surface area contributed by atoms with Gasteiger partial charge >= 0.3 is 0 Å². The van der Waals surface area contributed by atoms with E-state index >= 15 is 0 Å². The number of rotatable bonds is 3. The van der Waals surface area contributed by atoms with Crippen molar-refractivity contribution in [1.82, 2.24) is 14.3 Å². The molecule has 1 unspecified atom stereocenters. The Morgan fingerprint density at radius 3 is 3.11 bits per heavy atom.